The van der Waals surface area contributed by atoms with E-state index in [2.05, 4.69) is 21.2 Å². The number of amides is 3. The number of benzene rings is 2. The summed E-state index contributed by atoms with van der Waals surface area (Å²) in [6.45, 7) is 2.34. The Labute approximate surface area is 187 Å². The molecule has 2 aromatic carbocycles. The highest BCUT2D eigenvalue weighted by Gasteiger charge is 2.70. The minimum absolute atomic E-state index is 0.184. The maximum absolute atomic E-state index is 13.8. The van der Waals surface area contributed by atoms with E-state index in [1.807, 2.05) is 31.2 Å². The number of anilines is 2. The summed E-state index contributed by atoms with van der Waals surface area (Å²) in [5.74, 6) is -2.29. The fourth-order valence-corrected chi connectivity index (χ4v) is 5.82. The highest BCUT2D eigenvalue weighted by atomic mass is 79.9. The van der Waals surface area contributed by atoms with Crippen molar-refractivity contribution in [2.24, 2.45) is 11.8 Å². The van der Waals surface area contributed by atoms with Crippen molar-refractivity contribution in [3.63, 3.8) is 0 Å². The molecule has 3 heterocycles. The van der Waals surface area contributed by atoms with Crippen molar-refractivity contribution >= 4 is 56.6 Å². The van der Waals surface area contributed by atoms with Crippen LogP contribution < -0.4 is 15.1 Å². The Kier molecular flexibility index (Phi) is 4.54. The fraction of sp³-hybridized carbons (Fsp3) is 0.318. The molecule has 1 N–H and O–H groups in total. The molecule has 4 atom stereocenters. The molecule has 0 radical (unpaired) electrons. The van der Waals surface area contributed by atoms with Gasteiger partial charge in [-0.1, -0.05) is 51.8 Å². The number of imide groups is 1. The van der Waals surface area contributed by atoms with E-state index in [4.69, 9.17) is 11.6 Å². The van der Waals surface area contributed by atoms with Crippen LogP contribution in [0.2, 0.25) is 5.02 Å². The first-order valence-electron chi connectivity index (χ1n) is 9.80. The molecule has 8 heteroatoms. The zero-order valence-corrected chi connectivity index (χ0v) is 18.5. The molecule has 2 aromatic rings. The van der Waals surface area contributed by atoms with E-state index >= 15 is 0 Å². The minimum atomic E-state index is -1.25. The predicted molar refractivity (Wildman–Crippen MR) is 118 cm³/mol. The van der Waals surface area contributed by atoms with Gasteiger partial charge in [-0.2, -0.15) is 0 Å². The van der Waals surface area contributed by atoms with Crippen molar-refractivity contribution in [3.05, 3.63) is 59.1 Å². The third-order valence-electron chi connectivity index (χ3n) is 6.39. The second-order valence-corrected chi connectivity index (χ2v) is 9.13. The summed E-state index contributed by atoms with van der Waals surface area (Å²) in [7, 11) is 0. The van der Waals surface area contributed by atoms with Crippen LogP contribution in [0.25, 0.3) is 0 Å². The van der Waals surface area contributed by atoms with E-state index in [-0.39, 0.29) is 23.8 Å². The van der Waals surface area contributed by atoms with Crippen LogP contribution in [0.4, 0.5) is 11.4 Å². The summed E-state index contributed by atoms with van der Waals surface area (Å²) in [6.07, 6.45) is 0. The Morgan fingerprint density at radius 2 is 1.87 bits per heavy atom. The second-order valence-electron chi connectivity index (χ2n) is 7.90. The molecule has 3 aliphatic rings. The summed E-state index contributed by atoms with van der Waals surface area (Å²) in [6, 6.07) is 13.9. The number of carbonyl (C=O) groups is 3. The van der Waals surface area contributed by atoms with Crippen molar-refractivity contribution in [1.29, 1.82) is 0 Å². The topological polar surface area (TPSA) is 69.7 Å². The summed E-state index contributed by atoms with van der Waals surface area (Å²) >= 11 is 9.52. The Hall–Kier alpha value is -2.22. The molecule has 6 nitrogen and oxygen atoms in total. The third-order valence-corrected chi connectivity index (χ3v) is 6.98. The SMILES string of the molecule is CC1NC2(C(=O)N(CCBr)c3ccccc32)C2C(=O)N(c3cccc(Cl)c3)C(=O)C12. The van der Waals surface area contributed by atoms with Gasteiger partial charge in [0.05, 0.1) is 17.5 Å². The van der Waals surface area contributed by atoms with Crippen LogP contribution in [0.3, 0.4) is 0 Å². The summed E-state index contributed by atoms with van der Waals surface area (Å²) in [5.41, 5.74) is 0.724. The smallest absolute Gasteiger partial charge is 0.252 e. The molecule has 2 saturated heterocycles. The van der Waals surface area contributed by atoms with Gasteiger partial charge in [0.1, 0.15) is 5.54 Å². The first-order valence-corrected chi connectivity index (χ1v) is 11.3. The molecule has 0 bridgehead atoms. The lowest BCUT2D eigenvalue weighted by Gasteiger charge is -2.30. The molecular weight excluding hydrogens is 470 g/mol. The summed E-state index contributed by atoms with van der Waals surface area (Å²) in [5, 5.41) is 4.42. The van der Waals surface area contributed by atoms with Crippen LogP contribution >= 0.6 is 27.5 Å². The van der Waals surface area contributed by atoms with Gasteiger partial charge in [-0.25, -0.2) is 4.90 Å². The molecule has 3 amide bonds. The Balaban J connectivity index is 1.67. The van der Waals surface area contributed by atoms with Gasteiger partial charge >= 0.3 is 0 Å². The van der Waals surface area contributed by atoms with Crippen molar-refractivity contribution < 1.29 is 14.4 Å². The second kappa shape index (κ2) is 6.90. The molecule has 2 fully saturated rings. The van der Waals surface area contributed by atoms with Crippen LogP contribution in [0, 0.1) is 11.8 Å². The monoisotopic (exact) mass is 487 g/mol. The lowest BCUT2D eigenvalue weighted by Crippen LogP contribution is -2.55. The van der Waals surface area contributed by atoms with E-state index in [0.29, 0.717) is 22.6 Å². The first kappa shape index (κ1) is 19.7. The molecule has 1 spiro atoms. The van der Waals surface area contributed by atoms with E-state index < -0.39 is 17.4 Å². The van der Waals surface area contributed by atoms with Gasteiger partial charge in [0.15, 0.2) is 0 Å². The lowest BCUT2D eigenvalue weighted by molar-refractivity contribution is -0.132. The molecule has 3 aliphatic heterocycles. The van der Waals surface area contributed by atoms with Gasteiger partial charge in [0.25, 0.3) is 5.91 Å². The number of hydrogen-bond acceptors (Lipinski definition) is 4. The highest BCUT2D eigenvalue weighted by Crippen LogP contribution is 2.55. The van der Waals surface area contributed by atoms with E-state index in [0.717, 1.165) is 11.3 Å². The Morgan fingerprint density at radius 3 is 2.60 bits per heavy atom. The van der Waals surface area contributed by atoms with Crippen molar-refractivity contribution in [3.8, 4) is 0 Å². The molecule has 0 aliphatic carbocycles. The molecule has 154 valence electrons. The standard InChI is InChI=1S/C22H19BrClN3O3/c1-12-17-18(20(29)27(19(17)28)14-6-4-5-13(24)11-14)22(25-12)15-7-2-3-8-16(15)26(10-9-23)21(22)30/h2-8,11-12,17-18,25H,9-10H2,1H3. The summed E-state index contributed by atoms with van der Waals surface area (Å²) < 4.78 is 0. The molecular formula is C22H19BrClN3O3. The molecule has 30 heavy (non-hydrogen) atoms. The maximum Gasteiger partial charge on any atom is 0.252 e. The van der Waals surface area contributed by atoms with E-state index in [1.165, 1.54) is 4.90 Å². The number of rotatable bonds is 3. The zero-order chi connectivity index (χ0) is 21.2. The molecule has 5 rings (SSSR count). The number of carbonyl (C=O) groups excluding carboxylic acids is 3. The Morgan fingerprint density at radius 1 is 1.10 bits per heavy atom. The largest absolute Gasteiger partial charge is 0.309 e. The van der Waals surface area contributed by atoms with Crippen LogP contribution in [-0.2, 0) is 19.9 Å². The van der Waals surface area contributed by atoms with Crippen molar-refractivity contribution in [2.45, 2.75) is 18.5 Å². The van der Waals surface area contributed by atoms with E-state index in [1.54, 1.807) is 29.2 Å². The third kappa shape index (κ3) is 2.43. The summed E-state index contributed by atoms with van der Waals surface area (Å²) in [4.78, 5) is 43.7. The number of nitrogens with one attached hydrogen (secondary N) is 1. The average molecular weight is 489 g/mol. The van der Waals surface area contributed by atoms with Gasteiger partial charge in [-0.05, 0) is 31.2 Å². The first-order chi connectivity index (χ1) is 14.4. The van der Waals surface area contributed by atoms with Gasteiger partial charge in [0.2, 0.25) is 11.8 Å². The lowest BCUT2D eigenvalue weighted by atomic mass is 9.76. The average Bonchev–Trinajstić information content (AvgIpc) is 3.27. The number of fused-ring (bicyclic) bond motifs is 4. The molecule has 4 unspecified atom stereocenters. The van der Waals surface area contributed by atoms with Crippen molar-refractivity contribution in [1.82, 2.24) is 5.32 Å². The number of para-hydroxylation sites is 1. The fourth-order valence-electron chi connectivity index (χ4n) is 5.28. The van der Waals surface area contributed by atoms with Crippen LogP contribution in [0.5, 0.6) is 0 Å². The van der Waals surface area contributed by atoms with Crippen molar-refractivity contribution in [2.75, 3.05) is 21.7 Å². The van der Waals surface area contributed by atoms with E-state index in [9.17, 15) is 14.4 Å². The normalized spacial score (nSPS) is 29.8. The number of nitrogens with zero attached hydrogens (tertiary/aromatic N) is 2. The number of alkyl halides is 1. The molecule has 0 aromatic heterocycles. The van der Waals surface area contributed by atoms with Gasteiger partial charge in [0, 0.05) is 34.2 Å². The van der Waals surface area contributed by atoms with Gasteiger partial charge in [-0.3, -0.25) is 19.7 Å². The highest BCUT2D eigenvalue weighted by molar-refractivity contribution is 9.09. The Bertz CT molecular complexity index is 1090. The minimum Gasteiger partial charge on any atom is -0.309 e. The van der Waals surface area contributed by atoms with Crippen LogP contribution in [0.1, 0.15) is 12.5 Å². The predicted octanol–water partition coefficient (Wildman–Crippen LogP) is 3.07. The zero-order valence-electron chi connectivity index (χ0n) is 16.1. The van der Waals surface area contributed by atoms with Crippen LogP contribution in [0.15, 0.2) is 48.5 Å². The number of hydrogen-bond donors (Lipinski definition) is 1. The molecule has 0 saturated carbocycles. The van der Waals surface area contributed by atoms with Crippen LogP contribution in [-0.4, -0.2) is 35.6 Å². The maximum atomic E-state index is 13.8. The quantitative estimate of drug-likeness (QED) is 0.533. The number of halogens is 2. The van der Waals surface area contributed by atoms with Gasteiger partial charge in [-0.15, -0.1) is 0 Å². The van der Waals surface area contributed by atoms with Gasteiger partial charge < -0.3 is 4.90 Å².